The Labute approximate surface area is 202 Å². The first-order chi connectivity index (χ1) is 16.2. The molecular formula is C28H36O6. The minimum absolute atomic E-state index is 0.0476. The van der Waals surface area contributed by atoms with E-state index in [1.807, 2.05) is 76.3 Å². The Kier molecular flexibility index (Phi) is 8.72. The van der Waals surface area contributed by atoms with E-state index < -0.39 is 17.6 Å². The third kappa shape index (κ3) is 6.60. The number of carbonyl (C=O) groups excluding carboxylic acids is 2. The van der Waals surface area contributed by atoms with E-state index in [4.69, 9.17) is 14.2 Å². The largest absolute Gasteiger partial charge is 0.491 e. The predicted octanol–water partition coefficient (Wildman–Crippen LogP) is 4.84. The molecule has 1 heterocycles. The number of aliphatic hydroxyl groups is 1. The van der Waals surface area contributed by atoms with Crippen LogP contribution in [0.3, 0.4) is 0 Å². The summed E-state index contributed by atoms with van der Waals surface area (Å²) in [6.07, 6.45) is 8.43. The molecule has 0 saturated carbocycles. The number of esters is 2. The van der Waals surface area contributed by atoms with E-state index in [1.165, 1.54) is 0 Å². The van der Waals surface area contributed by atoms with Crippen LogP contribution in [0.5, 0.6) is 0 Å². The number of benzene rings is 1. The molecule has 1 aromatic rings. The van der Waals surface area contributed by atoms with Crippen LogP contribution < -0.4 is 0 Å². The number of hydrogen-bond donors (Lipinski definition) is 1. The molecule has 6 heteroatoms. The molecule has 3 rings (SSSR count). The van der Waals surface area contributed by atoms with Crippen molar-refractivity contribution in [2.45, 2.75) is 59.2 Å². The molecule has 0 aromatic heterocycles. The van der Waals surface area contributed by atoms with Crippen LogP contribution in [0.4, 0.5) is 0 Å². The van der Waals surface area contributed by atoms with Crippen molar-refractivity contribution < 1.29 is 28.9 Å². The van der Waals surface area contributed by atoms with Crippen LogP contribution in [0, 0.1) is 17.3 Å². The second kappa shape index (κ2) is 11.5. The SMILES string of the molecule is CC(C)C(C)(C)C(=O)OCCCCC(O)COC1=CC2OC(=O)C(c3ccccc3)=CC2C=C1. The standard InChI is InChI=1S/C28H36O6/c1-19(2)28(3,4)27(31)32-15-9-8-12-22(29)18-33-23-14-13-21-16-24(20-10-6-5-7-11-20)26(30)34-25(21)17-23/h5-7,10-11,13-14,16-17,19,21-22,25,29H,8-9,12,15,18H2,1-4H3. The van der Waals surface area contributed by atoms with Crippen molar-refractivity contribution in [2.24, 2.45) is 17.3 Å². The highest BCUT2D eigenvalue weighted by molar-refractivity contribution is 6.17. The van der Waals surface area contributed by atoms with Gasteiger partial charge in [-0.2, -0.15) is 0 Å². The summed E-state index contributed by atoms with van der Waals surface area (Å²) in [5.74, 6) is 0.199. The van der Waals surface area contributed by atoms with E-state index in [0.717, 1.165) is 12.0 Å². The Hall–Kier alpha value is -2.86. The summed E-state index contributed by atoms with van der Waals surface area (Å²) in [5.41, 5.74) is 0.907. The van der Waals surface area contributed by atoms with Gasteiger partial charge >= 0.3 is 11.9 Å². The van der Waals surface area contributed by atoms with E-state index in [0.29, 0.717) is 30.8 Å². The zero-order valence-electron chi connectivity index (χ0n) is 20.5. The van der Waals surface area contributed by atoms with Gasteiger partial charge in [-0.25, -0.2) is 4.79 Å². The quantitative estimate of drug-likeness (QED) is 0.370. The van der Waals surface area contributed by atoms with Gasteiger partial charge in [0.15, 0.2) is 0 Å². The van der Waals surface area contributed by atoms with Crippen molar-refractivity contribution in [3.63, 3.8) is 0 Å². The summed E-state index contributed by atoms with van der Waals surface area (Å²) in [6.45, 7) is 8.29. The third-order valence-electron chi connectivity index (χ3n) is 6.67. The topological polar surface area (TPSA) is 82.1 Å². The lowest BCUT2D eigenvalue weighted by molar-refractivity contribution is -0.156. The second-order valence-corrected chi connectivity index (χ2v) is 9.79. The molecule has 0 fully saturated rings. The molecule has 3 atom stereocenters. The summed E-state index contributed by atoms with van der Waals surface area (Å²) < 4.78 is 16.7. The van der Waals surface area contributed by atoms with Gasteiger partial charge in [0, 0.05) is 5.92 Å². The van der Waals surface area contributed by atoms with Gasteiger partial charge in [-0.3, -0.25) is 4.79 Å². The van der Waals surface area contributed by atoms with E-state index in [-0.39, 0.29) is 30.4 Å². The predicted molar refractivity (Wildman–Crippen MR) is 130 cm³/mol. The number of fused-ring (bicyclic) bond motifs is 1. The number of carbonyl (C=O) groups is 2. The van der Waals surface area contributed by atoms with Gasteiger partial charge in [-0.05, 0) is 56.7 Å². The zero-order valence-corrected chi connectivity index (χ0v) is 20.5. The number of rotatable bonds is 11. The van der Waals surface area contributed by atoms with Gasteiger partial charge in [0.1, 0.15) is 18.5 Å². The molecule has 0 spiro atoms. The minimum Gasteiger partial charge on any atom is -0.491 e. The Bertz CT molecular complexity index is 941. The van der Waals surface area contributed by atoms with E-state index in [9.17, 15) is 14.7 Å². The van der Waals surface area contributed by atoms with E-state index in [1.54, 1.807) is 6.08 Å². The fourth-order valence-corrected chi connectivity index (χ4v) is 3.63. The van der Waals surface area contributed by atoms with Crippen molar-refractivity contribution in [1.82, 2.24) is 0 Å². The van der Waals surface area contributed by atoms with Crippen LogP contribution in [0.2, 0.25) is 0 Å². The number of hydrogen-bond acceptors (Lipinski definition) is 6. The van der Waals surface area contributed by atoms with Gasteiger partial charge in [0.05, 0.1) is 23.7 Å². The Morgan fingerprint density at radius 1 is 1.15 bits per heavy atom. The van der Waals surface area contributed by atoms with Gasteiger partial charge < -0.3 is 19.3 Å². The van der Waals surface area contributed by atoms with Crippen LogP contribution in [0.25, 0.3) is 5.57 Å². The number of unbranched alkanes of at least 4 members (excludes halogenated alkanes) is 1. The van der Waals surface area contributed by atoms with Crippen LogP contribution in [-0.4, -0.2) is 42.5 Å². The van der Waals surface area contributed by atoms with Gasteiger partial charge in [0.25, 0.3) is 0 Å². The summed E-state index contributed by atoms with van der Waals surface area (Å²) in [5, 5.41) is 10.2. The second-order valence-electron chi connectivity index (χ2n) is 9.79. The Balaban J connectivity index is 1.39. The van der Waals surface area contributed by atoms with E-state index >= 15 is 0 Å². The molecule has 184 valence electrons. The lowest BCUT2D eigenvalue weighted by atomic mass is 9.81. The highest BCUT2D eigenvalue weighted by Crippen LogP contribution is 2.32. The average Bonchev–Trinajstić information content (AvgIpc) is 2.82. The summed E-state index contributed by atoms with van der Waals surface area (Å²) in [7, 11) is 0. The van der Waals surface area contributed by atoms with Gasteiger partial charge in [-0.15, -0.1) is 0 Å². The minimum atomic E-state index is -0.631. The normalized spacial score (nSPS) is 20.7. The molecule has 1 aromatic carbocycles. The van der Waals surface area contributed by atoms with Crippen molar-refractivity contribution in [1.29, 1.82) is 0 Å². The molecule has 1 N–H and O–H groups in total. The first kappa shape index (κ1) is 25.8. The maximum absolute atomic E-state index is 12.5. The van der Waals surface area contributed by atoms with Crippen molar-refractivity contribution in [3.05, 3.63) is 66.0 Å². The lowest BCUT2D eigenvalue weighted by Gasteiger charge is -2.29. The number of ether oxygens (including phenoxy) is 3. The third-order valence-corrected chi connectivity index (χ3v) is 6.67. The van der Waals surface area contributed by atoms with Gasteiger partial charge in [0.2, 0.25) is 0 Å². The smallest absolute Gasteiger partial charge is 0.339 e. The molecule has 0 bridgehead atoms. The van der Waals surface area contributed by atoms with Gasteiger partial charge in [-0.1, -0.05) is 56.3 Å². The molecule has 34 heavy (non-hydrogen) atoms. The summed E-state index contributed by atoms with van der Waals surface area (Å²) >= 11 is 0. The molecule has 0 saturated heterocycles. The van der Waals surface area contributed by atoms with E-state index in [2.05, 4.69) is 0 Å². The molecule has 0 radical (unpaired) electrons. The molecule has 6 nitrogen and oxygen atoms in total. The fraction of sp³-hybridized carbons (Fsp3) is 0.500. The summed E-state index contributed by atoms with van der Waals surface area (Å²) in [6, 6.07) is 9.48. The molecular weight excluding hydrogens is 432 g/mol. The molecule has 1 aliphatic carbocycles. The maximum atomic E-state index is 12.5. The van der Waals surface area contributed by atoms with Crippen LogP contribution >= 0.6 is 0 Å². The molecule has 0 amide bonds. The highest BCUT2D eigenvalue weighted by Gasteiger charge is 2.33. The monoisotopic (exact) mass is 468 g/mol. The number of allylic oxidation sites excluding steroid dienone is 1. The first-order valence-corrected chi connectivity index (χ1v) is 12.0. The van der Waals surface area contributed by atoms with Crippen molar-refractivity contribution in [2.75, 3.05) is 13.2 Å². The summed E-state index contributed by atoms with van der Waals surface area (Å²) in [4.78, 5) is 24.6. The van der Waals surface area contributed by atoms with Crippen molar-refractivity contribution >= 4 is 17.5 Å². The lowest BCUT2D eigenvalue weighted by Crippen LogP contribution is -2.32. The Morgan fingerprint density at radius 2 is 1.88 bits per heavy atom. The molecule has 3 unspecified atom stereocenters. The highest BCUT2D eigenvalue weighted by atomic mass is 16.5. The average molecular weight is 469 g/mol. The zero-order chi connectivity index (χ0) is 24.7. The Morgan fingerprint density at radius 3 is 2.59 bits per heavy atom. The first-order valence-electron chi connectivity index (χ1n) is 12.0. The maximum Gasteiger partial charge on any atom is 0.339 e. The molecule has 2 aliphatic rings. The van der Waals surface area contributed by atoms with Crippen molar-refractivity contribution in [3.8, 4) is 0 Å². The number of aliphatic hydroxyl groups excluding tert-OH is 1. The van der Waals surface area contributed by atoms with Crippen LogP contribution in [0.1, 0.15) is 52.5 Å². The van der Waals surface area contributed by atoms with Crippen LogP contribution in [-0.2, 0) is 23.8 Å². The molecule has 1 aliphatic heterocycles. The fourth-order valence-electron chi connectivity index (χ4n) is 3.63. The van der Waals surface area contributed by atoms with Crippen LogP contribution in [0.15, 0.2) is 60.4 Å².